The first-order valence-corrected chi connectivity index (χ1v) is 9.48. The molecule has 0 aliphatic heterocycles. The van der Waals surface area contributed by atoms with Crippen molar-refractivity contribution in [3.8, 4) is 17.6 Å². The van der Waals surface area contributed by atoms with E-state index < -0.39 is 11.2 Å². The summed E-state index contributed by atoms with van der Waals surface area (Å²) in [5.74, 6) is 1.42. The molecule has 3 aromatic rings. The van der Waals surface area contributed by atoms with Crippen LogP contribution in [0, 0.1) is 11.3 Å². The lowest BCUT2D eigenvalue weighted by atomic mass is 10.2. The van der Waals surface area contributed by atoms with E-state index in [0.717, 1.165) is 12.8 Å². The summed E-state index contributed by atoms with van der Waals surface area (Å²) in [6.45, 7) is 4.84. The molecule has 9 nitrogen and oxygen atoms in total. The minimum absolute atomic E-state index is 0.0680. The van der Waals surface area contributed by atoms with E-state index in [2.05, 4.69) is 16.0 Å². The largest absolute Gasteiger partial charge is 0.490 e. The molecule has 152 valence electrons. The summed E-state index contributed by atoms with van der Waals surface area (Å²) in [4.78, 5) is 31.4. The summed E-state index contributed by atoms with van der Waals surface area (Å²) >= 11 is 0. The van der Waals surface area contributed by atoms with Gasteiger partial charge in [-0.2, -0.15) is 5.26 Å². The fraction of sp³-hybridized carbons (Fsp3) is 0.400. The van der Waals surface area contributed by atoms with E-state index in [0.29, 0.717) is 47.2 Å². The first-order chi connectivity index (χ1) is 14.0. The Morgan fingerprint density at radius 1 is 1.21 bits per heavy atom. The number of nitriles is 1. The van der Waals surface area contributed by atoms with Crippen molar-refractivity contribution < 1.29 is 9.47 Å². The molecule has 0 unspecified atom stereocenters. The highest BCUT2D eigenvalue weighted by molar-refractivity contribution is 5.70. The lowest BCUT2D eigenvalue weighted by molar-refractivity contribution is 0.261. The van der Waals surface area contributed by atoms with Gasteiger partial charge in [-0.15, -0.1) is 0 Å². The molecule has 0 fully saturated rings. The van der Waals surface area contributed by atoms with E-state index in [1.165, 1.54) is 4.57 Å². The van der Waals surface area contributed by atoms with Crippen LogP contribution in [0.5, 0.6) is 11.5 Å². The summed E-state index contributed by atoms with van der Waals surface area (Å²) in [5.41, 5.74) is 0.192. The first-order valence-electron chi connectivity index (χ1n) is 9.48. The van der Waals surface area contributed by atoms with Gasteiger partial charge in [-0.05, 0) is 25.5 Å². The van der Waals surface area contributed by atoms with E-state index >= 15 is 0 Å². The maximum atomic E-state index is 12.3. The molecule has 2 aromatic heterocycles. The van der Waals surface area contributed by atoms with Gasteiger partial charge in [0.05, 0.1) is 18.2 Å². The Hall–Kier alpha value is -3.54. The molecule has 1 aromatic carbocycles. The van der Waals surface area contributed by atoms with Crippen molar-refractivity contribution in [1.29, 1.82) is 5.26 Å². The Labute approximate surface area is 167 Å². The molecule has 0 spiro atoms. The molecule has 0 aliphatic rings. The molecule has 0 bridgehead atoms. The van der Waals surface area contributed by atoms with Gasteiger partial charge in [-0.1, -0.05) is 13.3 Å². The summed E-state index contributed by atoms with van der Waals surface area (Å²) in [5, 5.41) is 9.06. The van der Waals surface area contributed by atoms with Crippen LogP contribution in [0.2, 0.25) is 0 Å². The van der Waals surface area contributed by atoms with Crippen molar-refractivity contribution in [3.05, 3.63) is 50.4 Å². The van der Waals surface area contributed by atoms with Gasteiger partial charge in [0, 0.05) is 19.7 Å². The number of hydrogen-bond donors (Lipinski definition) is 1. The van der Waals surface area contributed by atoms with E-state index in [1.807, 2.05) is 13.8 Å². The van der Waals surface area contributed by atoms with Crippen LogP contribution in [-0.4, -0.2) is 25.7 Å². The molecule has 0 saturated heterocycles. The Balaban J connectivity index is 1.97. The number of aromatic nitrogens is 4. The van der Waals surface area contributed by atoms with Crippen LogP contribution < -0.4 is 20.7 Å². The predicted octanol–water partition coefficient (Wildman–Crippen LogP) is 2.07. The highest BCUT2D eigenvalue weighted by Gasteiger charge is 2.17. The van der Waals surface area contributed by atoms with Crippen molar-refractivity contribution in [2.45, 2.75) is 39.8 Å². The standard InChI is InChI=1S/C20H23N5O4/c1-4-6-9-25-18-17(19(26)23-20(25)27)24(3)16(22-18)12-29-14-8-7-13(11-21)10-15(14)28-5-2/h7-8,10H,4-6,9,12H2,1-3H3,(H,23,26,27). The molecule has 9 heteroatoms. The molecule has 1 N–H and O–H groups in total. The number of imidazole rings is 1. The Morgan fingerprint density at radius 3 is 2.69 bits per heavy atom. The SMILES string of the molecule is CCCCn1c(=O)[nH]c(=O)c2c1nc(COc1ccc(C#N)cc1OCC)n2C. The minimum Gasteiger partial charge on any atom is -0.490 e. The zero-order chi connectivity index (χ0) is 21.0. The van der Waals surface area contributed by atoms with Crippen molar-refractivity contribution >= 4 is 11.2 Å². The number of ether oxygens (including phenoxy) is 2. The third kappa shape index (κ3) is 4.01. The average Bonchev–Trinajstić information content (AvgIpc) is 3.03. The van der Waals surface area contributed by atoms with Gasteiger partial charge < -0.3 is 14.0 Å². The lowest BCUT2D eigenvalue weighted by Crippen LogP contribution is -2.31. The number of aromatic amines is 1. The van der Waals surface area contributed by atoms with Crippen molar-refractivity contribution in [1.82, 2.24) is 19.1 Å². The zero-order valence-electron chi connectivity index (χ0n) is 16.7. The molecule has 0 saturated carbocycles. The number of fused-ring (bicyclic) bond motifs is 1. The van der Waals surface area contributed by atoms with Crippen LogP contribution in [-0.2, 0) is 20.2 Å². The van der Waals surface area contributed by atoms with Gasteiger partial charge in [0.25, 0.3) is 5.56 Å². The topological polar surface area (TPSA) is 115 Å². The molecule has 3 rings (SSSR count). The third-order valence-electron chi connectivity index (χ3n) is 4.57. The number of nitrogens with one attached hydrogen (secondary N) is 1. The fourth-order valence-corrected chi connectivity index (χ4v) is 3.05. The summed E-state index contributed by atoms with van der Waals surface area (Å²) < 4.78 is 14.5. The number of unbranched alkanes of at least 4 members (excludes halogenated alkanes) is 1. The number of hydrogen-bond acceptors (Lipinski definition) is 6. The summed E-state index contributed by atoms with van der Waals surface area (Å²) in [6, 6.07) is 6.98. The van der Waals surface area contributed by atoms with Crippen LogP contribution in [0.15, 0.2) is 27.8 Å². The van der Waals surface area contributed by atoms with E-state index in [4.69, 9.17) is 14.7 Å². The summed E-state index contributed by atoms with van der Waals surface area (Å²) in [6.07, 6.45) is 1.71. The van der Waals surface area contributed by atoms with Crippen LogP contribution in [0.1, 0.15) is 38.1 Å². The Morgan fingerprint density at radius 2 is 2.00 bits per heavy atom. The Kier molecular flexibility index (Phi) is 6.02. The highest BCUT2D eigenvalue weighted by Crippen LogP contribution is 2.29. The van der Waals surface area contributed by atoms with Gasteiger partial charge >= 0.3 is 5.69 Å². The van der Waals surface area contributed by atoms with E-state index in [-0.39, 0.29) is 6.61 Å². The second-order valence-electron chi connectivity index (χ2n) is 6.52. The fourth-order valence-electron chi connectivity index (χ4n) is 3.05. The van der Waals surface area contributed by atoms with Gasteiger partial charge in [0.15, 0.2) is 22.7 Å². The quantitative estimate of drug-likeness (QED) is 0.622. The number of nitrogens with zero attached hydrogens (tertiary/aromatic N) is 4. The second-order valence-corrected chi connectivity index (χ2v) is 6.52. The first kappa shape index (κ1) is 20.2. The highest BCUT2D eigenvalue weighted by atomic mass is 16.5. The third-order valence-corrected chi connectivity index (χ3v) is 4.57. The van der Waals surface area contributed by atoms with Crippen LogP contribution >= 0.6 is 0 Å². The summed E-state index contributed by atoms with van der Waals surface area (Å²) in [7, 11) is 1.71. The van der Waals surface area contributed by atoms with Gasteiger partial charge in [-0.3, -0.25) is 14.3 Å². The predicted molar refractivity (Wildman–Crippen MR) is 107 cm³/mol. The monoisotopic (exact) mass is 397 g/mol. The average molecular weight is 397 g/mol. The van der Waals surface area contributed by atoms with Crippen LogP contribution in [0.4, 0.5) is 0 Å². The van der Waals surface area contributed by atoms with Crippen molar-refractivity contribution in [2.75, 3.05) is 6.61 Å². The molecular weight excluding hydrogens is 374 g/mol. The molecule has 0 radical (unpaired) electrons. The maximum absolute atomic E-state index is 12.3. The number of H-pyrrole nitrogens is 1. The molecule has 0 amide bonds. The smallest absolute Gasteiger partial charge is 0.330 e. The van der Waals surface area contributed by atoms with Gasteiger partial charge in [0.2, 0.25) is 0 Å². The maximum Gasteiger partial charge on any atom is 0.330 e. The lowest BCUT2D eigenvalue weighted by Gasteiger charge is -2.12. The van der Waals surface area contributed by atoms with Gasteiger partial charge in [0.1, 0.15) is 12.4 Å². The number of benzene rings is 1. The second kappa shape index (κ2) is 8.65. The molecular formula is C20H23N5O4. The molecule has 29 heavy (non-hydrogen) atoms. The van der Waals surface area contributed by atoms with Crippen molar-refractivity contribution in [2.24, 2.45) is 7.05 Å². The van der Waals surface area contributed by atoms with Crippen LogP contribution in [0.25, 0.3) is 11.2 Å². The number of aryl methyl sites for hydroxylation is 2. The zero-order valence-corrected chi connectivity index (χ0v) is 16.7. The molecule has 0 atom stereocenters. The minimum atomic E-state index is -0.479. The van der Waals surface area contributed by atoms with E-state index in [9.17, 15) is 9.59 Å². The van der Waals surface area contributed by atoms with E-state index in [1.54, 1.807) is 29.8 Å². The molecule has 0 aliphatic carbocycles. The van der Waals surface area contributed by atoms with Gasteiger partial charge in [-0.25, -0.2) is 9.78 Å². The van der Waals surface area contributed by atoms with Crippen LogP contribution in [0.3, 0.4) is 0 Å². The number of rotatable bonds is 8. The Bertz CT molecular complexity index is 1180. The molecule has 2 heterocycles. The van der Waals surface area contributed by atoms with Crippen molar-refractivity contribution in [3.63, 3.8) is 0 Å². The normalized spacial score (nSPS) is 10.8.